The Morgan fingerprint density at radius 3 is 2.25 bits per heavy atom. The van der Waals surface area contributed by atoms with Crippen molar-refractivity contribution < 1.29 is 4.79 Å². The molecule has 0 saturated carbocycles. The molecule has 146 valence electrons. The molecule has 28 heavy (non-hydrogen) atoms. The lowest BCUT2D eigenvalue weighted by Crippen LogP contribution is -2.25. The molecule has 1 saturated heterocycles. The van der Waals surface area contributed by atoms with Gasteiger partial charge in [0.1, 0.15) is 0 Å². The number of nitrogens with one attached hydrogen (secondary N) is 1. The van der Waals surface area contributed by atoms with E-state index in [1.54, 1.807) is 5.41 Å². The molecule has 4 heteroatoms. The summed E-state index contributed by atoms with van der Waals surface area (Å²) in [6.07, 6.45) is 3.48. The quantitative estimate of drug-likeness (QED) is 0.644. The molecule has 2 aromatic carbocycles. The van der Waals surface area contributed by atoms with Crippen LogP contribution in [0.4, 0.5) is 0 Å². The monoisotopic (exact) mass is 392 g/mol. The summed E-state index contributed by atoms with van der Waals surface area (Å²) in [5, 5.41) is 4.76. The van der Waals surface area contributed by atoms with Gasteiger partial charge in [-0.1, -0.05) is 61.3 Å². The first-order chi connectivity index (χ1) is 13.7. The first-order valence-corrected chi connectivity index (χ1v) is 10.7. The zero-order valence-electron chi connectivity index (χ0n) is 16.3. The molecule has 1 aliphatic heterocycles. The molecule has 2 aromatic rings. The smallest absolute Gasteiger partial charge is 0.251 e. The van der Waals surface area contributed by atoms with Crippen LogP contribution in [0.2, 0.25) is 0 Å². The molecule has 0 aliphatic carbocycles. The number of hydrogen-bond acceptors (Lipinski definition) is 3. The molecule has 1 N–H and O–H groups in total. The van der Waals surface area contributed by atoms with Crippen molar-refractivity contribution in [3.05, 3.63) is 89.4 Å². The molecule has 0 bridgehead atoms. The minimum atomic E-state index is -0.0424. The molecular formula is C24H28N2OS. The second kappa shape index (κ2) is 10.3. The van der Waals surface area contributed by atoms with Crippen molar-refractivity contribution in [2.75, 3.05) is 19.6 Å². The van der Waals surface area contributed by atoms with E-state index >= 15 is 0 Å². The van der Waals surface area contributed by atoms with Crippen molar-refractivity contribution in [3.8, 4) is 0 Å². The van der Waals surface area contributed by atoms with Gasteiger partial charge in [0.15, 0.2) is 0 Å². The van der Waals surface area contributed by atoms with Crippen molar-refractivity contribution in [1.82, 2.24) is 10.2 Å². The predicted molar refractivity (Wildman–Crippen MR) is 120 cm³/mol. The molecular weight excluding hydrogens is 364 g/mol. The van der Waals surface area contributed by atoms with Gasteiger partial charge in [-0.05, 0) is 66.6 Å². The van der Waals surface area contributed by atoms with E-state index in [2.05, 4.69) is 47.6 Å². The molecule has 1 aliphatic rings. The van der Waals surface area contributed by atoms with Crippen LogP contribution in [0.25, 0.3) is 4.91 Å². The zero-order valence-corrected chi connectivity index (χ0v) is 17.1. The number of amides is 1. The number of rotatable bonds is 9. The van der Waals surface area contributed by atoms with Gasteiger partial charge in [-0.3, -0.25) is 9.69 Å². The summed E-state index contributed by atoms with van der Waals surface area (Å²) >= 11 is 1.49. The largest absolute Gasteiger partial charge is 0.352 e. The number of thioether (sulfide) groups is 1. The van der Waals surface area contributed by atoms with Crippen molar-refractivity contribution >= 4 is 22.6 Å². The summed E-state index contributed by atoms with van der Waals surface area (Å²) in [6.45, 7) is 11.8. The third-order valence-corrected chi connectivity index (χ3v) is 5.71. The molecule has 0 aromatic heterocycles. The van der Waals surface area contributed by atoms with Crippen LogP contribution in [0.5, 0.6) is 0 Å². The molecule has 0 atom stereocenters. The second-order valence-electron chi connectivity index (χ2n) is 7.09. The van der Waals surface area contributed by atoms with E-state index in [4.69, 9.17) is 0 Å². The Hall–Kier alpha value is -2.30. The van der Waals surface area contributed by atoms with Crippen LogP contribution < -0.4 is 5.32 Å². The van der Waals surface area contributed by atoms with Crippen LogP contribution in [0.3, 0.4) is 0 Å². The molecule has 3 nitrogen and oxygen atoms in total. The van der Waals surface area contributed by atoms with E-state index < -0.39 is 0 Å². The van der Waals surface area contributed by atoms with Crippen LogP contribution in [-0.2, 0) is 13.0 Å². The van der Waals surface area contributed by atoms with Gasteiger partial charge in [0.25, 0.3) is 5.91 Å². The van der Waals surface area contributed by atoms with Crippen LogP contribution in [0.1, 0.15) is 39.9 Å². The van der Waals surface area contributed by atoms with Gasteiger partial charge in [-0.2, -0.15) is 0 Å². The Kier molecular flexibility index (Phi) is 7.52. The minimum absolute atomic E-state index is 0.0424. The summed E-state index contributed by atoms with van der Waals surface area (Å²) in [5.74, 6) is -0.0424. The summed E-state index contributed by atoms with van der Waals surface area (Å²) in [5.41, 5.74) is 4.29. The highest BCUT2D eigenvalue weighted by Gasteiger charge is 2.11. The van der Waals surface area contributed by atoms with E-state index in [1.165, 1.54) is 48.8 Å². The SMILES string of the molecule is C=CSC(=C)c1ccc(C(=O)NCCc2ccc(CN3CCCC3)cc2)cc1. The van der Waals surface area contributed by atoms with E-state index in [0.717, 1.165) is 23.4 Å². The fourth-order valence-electron chi connectivity index (χ4n) is 3.41. The maximum atomic E-state index is 12.3. The molecule has 1 fully saturated rings. The first-order valence-electron chi connectivity index (χ1n) is 9.81. The van der Waals surface area contributed by atoms with Crippen LogP contribution in [0.15, 0.2) is 67.1 Å². The van der Waals surface area contributed by atoms with Crippen LogP contribution >= 0.6 is 11.8 Å². The maximum absolute atomic E-state index is 12.3. The second-order valence-corrected chi connectivity index (χ2v) is 8.15. The molecule has 3 rings (SSSR count). The average molecular weight is 393 g/mol. The van der Waals surface area contributed by atoms with Gasteiger partial charge >= 0.3 is 0 Å². The summed E-state index contributed by atoms with van der Waals surface area (Å²) < 4.78 is 0. The van der Waals surface area contributed by atoms with E-state index in [-0.39, 0.29) is 5.91 Å². The Morgan fingerprint density at radius 1 is 1.00 bits per heavy atom. The topological polar surface area (TPSA) is 32.3 Å². The number of likely N-dealkylation sites (tertiary alicyclic amines) is 1. The van der Waals surface area contributed by atoms with Gasteiger partial charge in [0.2, 0.25) is 0 Å². The van der Waals surface area contributed by atoms with E-state index in [0.29, 0.717) is 12.1 Å². The highest BCUT2D eigenvalue weighted by atomic mass is 32.2. The molecule has 0 spiro atoms. The van der Waals surface area contributed by atoms with Gasteiger partial charge in [-0.25, -0.2) is 0 Å². The van der Waals surface area contributed by atoms with Gasteiger partial charge in [-0.15, -0.1) is 0 Å². The van der Waals surface area contributed by atoms with Crippen LogP contribution in [-0.4, -0.2) is 30.4 Å². The summed E-state index contributed by atoms with van der Waals surface area (Å²) in [6, 6.07) is 16.3. The Morgan fingerprint density at radius 2 is 1.61 bits per heavy atom. The Balaban J connectivity index is 1.44. The molecule has 1 heterocycles. The summed E-state index contributed by atoms with van der Waals surface area (Å²) in [4.78, 5) is 15.8. The van der Waals surface area contributed by atoms with Gasteiger partial charge in [0, 0.05) is 23.6 Å². The van der Waals surface area contributed by atoms with Gasteiger partial charge < -0.3 is 5.32 Å². The normalized spacial score (nSPS) is 14.0. The number of nitrogens with zero attached hydrogens (tertiary/aromatic N) is 1. The number of carbonyl (C=O) groups excluding carboxylic acids is 1. The highest BCUT2D eigenvalue weighted by Crippen LogP contribution is 2.25. The minimum Gasteiger partial charge on any atom is -0.352 e. The highest BCUT2D eigenvalue weighted by molar-refractivity contribution is 8.10. The third-order valence-electron chi connectivity index (χ3n) is 5.02. The number of benzene rings is 2. The lowest BCUT2D eigenvalue weighted by molar-refractivity contribution is 0.0954. The zero-order chi connectivity index (χ0) is 19.8. The van der Waals surface area contributed by atoms with E-state index in [1.807, 2.05) is 24.3 Å². The first kappa shape index (κ1) is 20.4. The third kappa shape index (κ3) is 5.85. The average Bonchev–Trinajstić information content (AvgIpc) is 3.22. The summed E-state index contributed by atoms with van der Waals surface area (Å²) in [7, 11) is 0. The van der Waals surface area contributed by atoms with Crippen molar-refractivity contribution in [3.63, 3.8) is 0 Å². The number of hydrogen-bond donors (Lipinski definition) is 1. The fourth-order valence-corrected chi connectivity index (χ4v) is 3.88. The van der Waals surface area contributed by atoms with Crippen LogP contribution in [0, 0.1) is 0 Å². The maximum Gasteiger partial charge on any atom is 0.251 e. The molecule has 0 radical (unpaired) electrons. The predicted octanol–water partition coefficient (Wildman–Crippen LogP) is 5.10. The standard InChI is InChI=1S/C24H28N2OS/c1-3-28-19(2)22-10-12-23(13-11-22)24(27)25-15-14-20-6-8-21(9-7-20)18-26-16-4-5-17-26/h3,6-13H,1-2,4-5,14-18H2,(H,25,27). The van der Waals surface area contributed by atoms with E-state index in [9.17, 15) is 4.79 Å². The fraction of sp³-hybridized carbons (Fsp3) is 0.292. The lowest BCUT2D eigenvalue weighted by atomic mass is 10.1. The lowest BCUT2D eigenvalue weighted by Gasteiger charge is -2.14. The van der Waals surface area contributed by atoms with Gasteiger partial charge in [0.05, 0.1) is 0 Å². The number of carbonyl (C=O) groups is 1. The van der Waals surface area contributed by atoms with Crippen molar-refractivity contribution in [2.24, 2.45) is 0 Å². The van der Waals surface area contributed by atoms with Crippen molar-refractivity contribution in [1.29, 1.82) is 0 Å². The Bertz CT molecular complexity index is 806. The molecule has 0 unspecified atom stereocenters. The Labute approximate surface area is 172 Å². The van der Waals surface area contributed by atoms with Crippen molar-refractivity contribution in [2.45, 2.75) is 25.8 Å². The molecule has 1 amide bonds.